The summed E-state index contributed by atoms with van der Waals surface area (Å²) in [6.07, 6.45) is 1.73. The first-order valence-electron chi connectivity index (χ1n) is 10.0. The van der Waals surface area contributed by atoms with Gasteiger partial charge in [-0.15, -0.1) is 0 Å². The molecule has 0 spiro atoms. The van der Waals surface area contributed by atoms with Crippen molar-refractivity contribution in [3.8, 4) is 11.5 Å². The van der Waals surface area contributed by atoms with Crippen LogP contribution in [0.25, 0.3) is 6.08 Å². The minimum atomic E-state index is -0.644. The highest BCUT2D eigenvalue weighted by Gasteiger charge is 2.32. The van der Waals surface area contributed by atoms with Crippen molar-refractivity contribution in [1.29, 1.82) is 0 Å². The van der Waals surface area contributed by atoms with Gasteiger partial charge in [0.15, 0.2) is 11.5 Å². The van der Waals surface area contributed by atoms with Gasteiger partial charge in [0, 0.05) is 5.02 Å². The zero-order chi connectivity index (χ0) is 24.2. The van der Waals surface area contributed by atoms with Crippen LogP contribution in [0.3, 0.4) is 0 Å². The molecule has 0 unspecified atom stereocenters. The SMILES string of the molecule is COc1cc(/C=C2/SC(=S)N(Cc3ccccc3)C2=O)ccc1OC(=O)c1ccc(Cl)cc1Cl. The topological polar surface area (TPSA) is 55.8 Å². The van der Waals surface area contributed by atoms with Crippen molar-refractivity contribution in [3.63, 3.8) is 0 Å². The Morgan fingerprint density at radius 2 is 1.82 bits per heavy atom. The van der Waals surface area contributed by atoms with Gasteiger partial charge in [0.2, 0.25) is 0 Å². The molecule has 172 valence electrons. The molecular weight excluding hydrogens is 513 g/mol. The van der Waals surface area contributed by atoms with Crippen LogP contribution in [0.1, 0.15) is 21.5 Å². The lowest BCUT2D eigenvalue weighted by molar-refractivity contribution is -0.122. The second-order valence-corrected chi connectivity index (χ2v) is 9.70. The summed E-state index contributed by atoms with van der Waals surface area (Å²) in [6.45, 7) is 0.411. The number of amides is 1. The highest BCUT2D eigenvalue weighted by Crippen LogP contribution is 2.36. The Labute approximate surface area is 216 Å². The van der Waals surface area contributed by atoms with E-state index in [0.717, 1.165) is 5.56 Å². The summed E-state index contributed by atoms with van der Waals surface area (Å²) < 4.78 is 11.4. The summed E-state index contributed by atoms with van der Waals surface area (Å²) in [5, 5.41) is 0.600. The Hall–Kier alpha value is -2.84. The molecular formula is C25H17Cl2NO4S2. The minimum Gasteiger partial charge on any atom is -0.493 e. The van der Waals surface area contributed by atoms with E-state index >= 15 is 0 Å². The van der Waals surface area contributed by atoms with Crippen LogP contribution in [0.15, 0.2) is 71.6 Å². The number of nitrogens with zero attached hydrogens (tertiary/aromatic N) is 1. The number of hydrogen-bond donors (Lipinski definition) is 0. The van der Waals surface area contributed by atoms with Crippen molar-refractivity contribution < 1.29 is 19.1 Å². The number of halogens is 2. The van der Waals surface area contributed by atoms with E-state index in [1.54, 1.807) is 35.2 Å². The summed E-state index contributed by atoms with van der Waals surface area (Å²) in [5.41, 5.74) is 1.87. The third-order valence-electron chi connectivity index (χ3n) is 4.90. The minimum absolute atomic E-state index is 0.161. The first-order valence-corrected chi connectivity index (χ1v) is 12.0. The molecule has 34 heavy (non-hydrogen) atoms. The fourth-order valence-electron chi connectivity index (χ4n) is 3.22. The van der Waals surface area contributed by atoms with Gasteiger partial charge in [-0.1, -0.05) is 83.6 Å². The molecule has 1 aliphatic heterocycles. The van der Waals surface area contributed by atoms with E-state index in [0.29, 0.717) is 32.1 Å². The Morgan fingerprint density at radius 3 is 2.53 bits per heavy atom. The van der Waals surface area contributed by atoms with Gasteiger partial charge < -0.3 is 9.47 Å². The number of ether oxygens (including phenoxy) is 2. The quantitative estimate of drug-likeness (QED) is 0.155. The Kier molecular flexibility index (Phi) is 7.58. The van der Waals surface area contributed by atoms with Crippen molar-refractivity contribution in [2.24, 2.45) is 0 Å². The van der Waals surface area contributed by atoms with Gasteiger partial charge in [-0.3, -0.25) is 9.69 Å². The number of carbonyl (C=O) groups excluding carboxylic acids is 2. The average Bonchev–Trinajstić information content (AvgIpc) is 3.07. The zero-order valence-electron chi connectivity index (χ0n) is 17.8. The van der Waals surface area contributed by atoms with E-state index in [4.69, 9.17) is 44.9 Å². The molecule has 3 aromatic rings. The second-order valence-electron chi connectivity index (χ2n) is 7.18. The number of thiocarbonyl (C=S) groups is 1. The van der Waals surface area contributed by atoms with E-state index < -0.39 is 5.97 Å². The van der Waals surface area contributed by atoms with Crippen LogP contribution in [0.4, 0.5) is 0 Å². The molecule has 0 aromatic heterocycles. The van der Waals surface area contributed by atoms with Crippen LogP contribution < -0.4 is 9.47 Å². The molecule has 9 heteroatoms. The number of hydrogen-bond acceptors (Lipinski definition) is 6. The van der Waals surface area contributed by atoms with E-state index in [2.05, 4.69) is 0 Å². The smallest absolute Gasteiger partial charge is 0.345 e. The number of carbonyl (C=O) groups is 2. The van der Waals surface area contributed by atoms with Gasteiger partial charge in [-0.25, -0.2) is 4.79 Å². The number of benzene rings is 3. The second kappa shape index (κ2) is 10.6. The highest BCUT2D eigenvalue weighted by atomic mass is 35.5. The van der Waals surface area contributed by atoms with E-state index in [1.165, 1.54) is 31.0 Å². The van der Waals surface area contributed by atoms with Crippen molar-refractivity contribution in [2.45, 2.75) is 6.54 Å². The molecule has 0 N–H and O–H groups in total. The normalized spacial score (nSPS) is 14.6. The van der Waals surface area contributed by atoms with Gasteiger partial charge in [0.05, 0.1) is 29.1 Å². The highest BCUT2D eigenvalue weighted by molar-refractivity contribution is 8.26. The maximum atomic E-state index is 12.9. The lowest BCUT2D eigenvalue weighted by atomic mass is 10.1. The molecule has 0 saturated carbocycles. The molecule has 1 heterocycles. The average molecular weight is 530 g/mol. The molecule has 0 aliphatic carbocycles. The molecule has 5 nitrogen and oxygen atoms in total. The number of esters is 1. The van der Waals surface area contributed by atoms with Crippen LogP contribution in [0.5, 0.6) is 11.5 Å². The number of thioether (sulfide) groups is 1. The molecule has 1 amide bonds. The zero-order valence-corrected chi connectivity index (χ0v) is 20.9. The summed E-state index contributed by atoms with van der Waals surface area (Å²) in [4.78, 5) is 27.6. The van der Waals surface area contributed by atoms with E-state index in [1.807, 2.05) is 30.3 Å². The van der Waals surface area contributed by atoms with Crippen LogP contribution >= 0.6 is 47.2 Å². The lowest BCUT2D eigenvalue weighted by Gasteiger charge is -2.14. The molecule has 4 rings (SSSR count). The fraction of sp³-hybridized carbons (Fsp3) is 0.0800. The third-order valence-corrected chi connectivity index (χ3v) is 6.82. The van der Waals surface area contributed by atoms with Crippen LogP contribution in [-0.4, -0.2) is 28.2 Å². The van der Waals surface area contributed by atoms with E-state index in [-0.39, 0.29) is 22.2 Å². The standard InChI is InChI=1S/C25H17Cl2NO4S2/c1-31-21-11-16(7-10-20(21)32-24(30)18-9-8-17(26)13-19(18)27)12-22-23(29)28(25(33)34-22)14-15-5-3-2-4-6-15/h2-13H,14H2,1H3/b22-12+. The first kappa shape index (κ1) is 24.3. The molecule has 1 fully saturated rings. The molecule has 1 saturated heterocycles. The predicted molar refractivity (Wildman–Crippen MR) is 140 cm³/mol. The third kappa shape index (κ3) is 5.45. The molecule has 0 atom stereocenters. The summed E-state index contributed by atoms with van der Waals surface area (Å²) in [7, 11) is 1.46. The van der Waals surface area contributed by atoms with Gasteiger partial charge in [-0.05, 0) is 47.5 Å². The summed E-state index contributed by atoms with van der Waals surface area (Å²) in [5.74, 6) is -0.264. The summed E-state index contributed by atoms with van der Waals surface area (Å²) >= 11 is 18.6. The molecule has 1 aliphatic rings. The number of rotatable bonds is 6. The molecule has 0 radical (unpaired) electrons. The predicted octanol–water partition coefficient (Wildman–Crippen LogP) is 6.62. The van der Waals surface area contributed by atoms with Crippen molar-refractivity contribution in [2.75, 3.05) is 7.11 Å². The largest absolute Gasteiger partial charge is 0.493 e. The monoisotopic (exact) mass is 529 g/mol. The van der Waals surface area contributed by atoms with E-state index in [9.17, 15) is 9.59 Å². The van der Waals surface area contributed by atoms with Crippen molar-refractivity contribution in [1.82, 2.24) is 4.90 Å². The van der Waals surface area contributed by atoms with Gasteiger partial charge in [0.1, 0.15) is 4.32 Å². The fourth-order valence-corrected chi connectivity index (χ4v) is 4.96. The number of methoxy groups -OCH3 is 1. The molecule has 3 aromatic carbocycles. The lowest BCUT2D eigenvalue weighted by Crippen LogP contribution is -2.27. The van der Waals surface area contributed by atoms with Gasteiger partial charge >= 0.3 is 5.97 Å². The van der Waals surface area contributed by atoms with Crippen molar-refractivity contribution in [3.05, 3.63) is 98.4 Å². The maximum absolute atomic E-state index is 12.9. The Balaban J connectivity index is 1.52. The van der Waals surface area contributed by atoms with Crippen molar-refractivity contribution >= 4 is 69.5 Å². The maximum Gasteiger partial charge on any atom is 0.345 e. The van der Waals surface area contributed by atoms with Crippen LogP contribution in [-0.2, 0) is 11.3 Å². The Bertz CT molecular complexity index is 1310. The molecule has 0 bridgehead atoms. The van der Waals surface area contributed by atoms with Gasteiger partial charge in [-0.2, -0.15) is 0 Å². The van der Waals surface area contributed by atoms with Crippen LogP contribution in [0, 0.1) is 0 Å². The van der Waals surface area contributed by atoms with Crippen LogP contribution in [0.2, 0.25) is 10.0 Å². The van der Waals surface area contributed by atoms with Gasteiger partial charge in [0.25, 0.3) is 5.91 Å². The summed E-state index contributed by atoms with van der Waals surface area (Å²) in [6, 6.07) is 19.2. The Morgan fingerprint density at radius 1 is 1.06 bits per heavy atom. The first-order chi connectivity index (χ1) is 16.4.